The van der Waals surface area contributed by atoms with Crippen LogP contribution in [0.25, 0.3) is 0 Å². The molecule has 1 heterocycles. The number of carboxylic acids is 1. The van der Waals surface area contributed by atoms with E-state index in [9.17, 15) is 23.1 Å². The van der Waals surface area contributed by atoms with Gasteiger partial charge in [-0.15, -0.1) is 11.3 Å². The van der Waals surface area contributed by atoms with Gasteiger partial charge >= 0.3 is 5.97 Å². The first-order valence-corrected chi connectivity index (χ1v) is 9.15. The summed E-state index contributed by atoms with van der Waals surface area (Å²) >= 11 is 0.940. The number of carbonyl (C=O) groups is 2. The van der Waals surface area contributed by atoms with Crippen LogP contribution in [0.4, 0.5) is 0 Å². The Labute approximate surface area is 143 Å². The molecule has 128 valence electrons. The molecule has 1 unspecified atom stereocenters. The van der Waals surface area contributed by atoms with E-state index in [0.717, 1.165) is 15.6 Å². The number of thiophene rings is 1. The minimum Gasteiger partial charge on any atom is -0.479 e. The molecule has 1 aromatic heterocycles. The molecule has 2 aromatic rings. The Balaban J connectivity index is 2.23. The highest BCUT2D eigenvalue weighted by Gasteiger charge is 2.25. The molecule has 24 heavy (non-hydrogen) atoms. The van der Waals surface area contributed by atoms with Crippen LogP contribution in [0, 0.1) is 0 Å². The molecule has 0 spiro atoms. The van der Waals surface area contributed by atoms with Gasteiger partial charge in [0.15, 0.2) is 6.04 Å². The first kappa shape index (κ1) is 18.1. The minimum absolute atomic E-state index is 0.00534. The zero-order valence-electron chi connectivity index (χ0n) is 13.0. The van der Waals surface area contributed by atoms with Crippen molar-refractivity contribution in [1.82, 2.24) is 9.62 Å². The van der Waals surface area contributed by atoms with Gasteiger partial charge in [0.05, 0.1) is 9.77 Å². The Bertz CT molecular complexity index is 844. The van der Waals surface area contributed by atoms with Gasteiger partial charge in [-0.05, 0) is 11.6 Å². The topological polar surface area (TPSA) is 104 Å². The number of rotatable bonds is 6. The average molecular weight is 368 g/mol. The lowest BCUT2D eigenvalue weighted by atomic mass is 10.1. The van der Waals surface area contributed by atoms with E-state index >= 15 is 0 Å². The van der Waals surface area contributed by atoms with Gasteiger partial charge in [0.2, 0.25) is 10.0 Å². The molecule has 2 N–H and O–H groups in total. The Morgan fingerprint density at radius 1 is 1.21 bits per heavy atom. The van der Waals surface area contributed by atoms with Crippen LogP contribution in [-0.2, 0) is 14.8 Å². The van der Waals surface area contributed by atoms with E-state index in [-0.39, 0.29) is 9.77 Å². The number of nitrogens with one attached hydrogen (secondary N) is 1. The first-order valence-electron chi connectivity index (χ1n) is 6.83. The van der Waals surface area contributed by atoms with Crippen LogP contribution in [0.1, 0.15) is 21.3 Å². The number of hydrogen-bond donors (Lipinski definition) is 2. The maximum atomic E-state index is 12.3. The maximum absolute atomic E-state index is 12.3. The molecule has 0 saturated heterocycles. The van der Waals surface area contributed by atoms with Crippen LogP contribution in [0.15, 0.2) is 46.7 Å². The van der Waals surface area contributed by atoms with Gasteiger partial charge in [-0.3, -0.25) is 4.79 Å². The molecule has 7 nitrogen and oxygen atoms in total. The second kappa shape index (κ2) is 7.12. The Hall–Kier alpha value is -2.23. The zero-order valence-corrected chi connectivity index (χ0v) is 14.6. The number of carboxylic acid groups (broad SMARTS) is 1. The van der Waals surface area contributed by atoms with E-state index in [4.69, 9.17) is 0 Å². The molecule has 1 amide bonds. The Kier molecular flexibility index (Phi) is 5.37. The molecular formula is C15H16N2O5S2. The predicted octanol–water partition coefficient (Wildman–Crippen LogP) is 1.55. The summed E-state index contributed by atoms with van der Waals surface area (Å²) in [4.78, 5) is 23.8. The van der Waals surface area contributed by atoms with Gasteiger partial charge in [-0.25, -0.2) is 17.5 Å². The smallest absolute Gasteiger partial charge is 0.330 e. The highest BCUT2D eigenvalue weighted by molar-refractivity contribution is 7.89. The molecule has 0 radical (unpaired) electrons. The van der Waals surface area contributed by atoms with Gasteiger partial charge < -0.3 is 10.4 Å². The highest BCUT2D eigenvalue weighted by atomic mass is 32.2. The predicted molar refractivity (Wildman–Crippen MR) is 89.5 cm³/mol. The van der Waals surface area contributed by atoms with E-state index in [1.54, 1.807) is 30.3 Å². The van der Waals surface area contributed by atoms with Crippen LogP contribution in [-0.4, -0.2) is 43.8 Å². The van der Waals surface area contributed by atoms with Crippen LogP contribution >= 0.6 is 11.3 Å². The third-order valence-corrected chi connectivity index (χ3v) is 6.10. The monoisotopic (exact) mass is 368 g/mol. The zero-order chi connectivity index (χ0) is 17.9. The Morgan fingerprint density at radius 2 is 1.83 bits per heavy atom. The van der Waals surface area contributed by atoms with Gasteiger partial charge in [-0.2, -0.15) is 0 Å². The van der Waals surface area contributed by atoms with Crippen LogP contribution in [0.2, 0.25) is 0 Å². The van der Waals surface area contributed by atoms with Crippen molar-refractivity contribution < 1.29 is 23.1 Å². The van der Waals surface area contributed by atoms with Gasteiger partial charge in [-0.1, -0.05) is 30.3 Å². The van der Waals surface area contributed by atoms with Crippen molar-refractivity contribution in [3.05, 3.63) is 52.2 Å². The van der Waals surface area contributed by atoms with Crippen molar-refractivity contribution in [2.45, 2.75) is 10.9 Å². The lowest BCUT2D eigenvalue weighted by Crippen LogP contribution is -2.33. The SMILES string of the molecule is CN(C)S(=O)(=O)c1csc(C(=O)NC(C(=O)O)c2ccccc2)c1. The summed E-state index contributed by atoms with van der Waals surface area (Å²) in [6.45, 7) is 0. The molecule has 1 atom stereocenters. The van der Waals surface area contributed by atoms with Crippen molar-refractivity contribution in [3.63, 3.8) is 0 Å². The molecule has 0 fully saturated rings. The standard InChI is InChI=1S/C15H16N2O5S2/c1-17(2)24(21,22)11-8-12(23-9-11)14(18)16-13(15(19)20)10-6-4-3-5-7-10/h3-9,13H,1-2H3,(H,16,18)(H,19,20). The van der Waals surface area contributed by atoms with Crippen molar-refractivity contribution >= 4 is 33.2 Å². The minimum atomic E-state index is -3.64. The van der Waals surface area contributed by atoms with Gasteiger partial charge in [0, 0.05) is 19.5 Å². The summed E-state index contributed by atoms with van der Waals surface area (Å²) in [5.74, 6) is -1.84. The Morgan fingerprint density at radius 3 is 2.38 bits per heavy atom. The second-order valence-corrected chi connectivity index (χ2v) is 8.15. The van der Waals surface area contributed by atoms with Crippen LogP contribution in [0.3, 0.4) is 0 Å². The number of aliphatic carboxylic acids is 1. The summed E-state index contributed by atoms with van der Waals surface area (Å²) in [6, 6.07) is 8.29. The largest absolute Gasteiger partial charge is 0.479 e. The number of hydrogen-bond acceptors (Lipinski definition) is 5. The van der Waals surface area contributed by atoms with E-state index in [0.29, 0.717) is 5.56 Å². The van der Waals surface area contributed by atoms with E-state index in [1.165, 1.54) is 25.5 Å². The lowest BCUT2D eigenvalue weighted by molar-refractivity contribution is -0.139. The molecular weight excluding hydrogens is 352 g/mol. The molecule has 0 aliphatic rings. The fraction of sp³-hybridized carbons (Fsp3) is 0.200. The fourth-order valence-corrected chi connectivity index (χ4v) is 3.99. The van der Waals surface area contributed by atoms with E-state index in [2.05, 4.69) is 5.32 Å². The summed E-state index contributed by atoms with van der Waals surface area (Å²) in [5, 5.41) is 13.1. The molecule has 1 aromatic carbocycles. The molecule has 0 saturated carbocycles. The number of amides is 1. The summed E-state index contributed by atoms with van der Waals surface area (Å²) in [5.41, 5.74) is 0.427. The molecule has 0 aliphatic heterocycles. The van der Waals surface area contributed by atoms with Gasteiger partial charge in [0.1, 0.15) is 0 Å². The summed E-state index contributed by atoms with van der Waals surface area (Å²) < 4.78 is 25.1. The normalized spacial score (nSPS) is 12.8. The number of benzene rings is 1. The number of carbonyl (C=O) groups excluding carboxylic acids is 1. The average Bonchev–Trinajstić information content (AvgIpc) is 3.03. The lowest BCUT2D eigenvalue weighted by Gasteiger charge is -2.14. The summed E-state index contributed by atoms with van der Waals surface area (Å²) in [7, 11) is -0.856. The number of nitrogens with zero attached hydrogens (tertiary/aromatic N) is 1. The summed E-state index contributed by atoms with van der Waals surface area (Å²) in [6.07, 6.45) is 0. The van der Waals surface area contributed by atoms with Crippen molar-refractivity contribution in [2.24, 2.45) is 0 Å². The maximum Gasteiger partial charge on any atom is 0.330 e. The quantitative estimate of drug-likeness (QED) is 0.805. The number of sulfonamides is 1. The van der Waals surface area contributed by atoms with Crippen molar-refractivity contribution in [2.75, 3.05) is 14.1 Å². The molecule has 9 heteroatoms. The molecule has 2 rings (SSSR count). The van der Waals surface area contributed by atoms with Crippen LogP contribution < -0.4 is 5.32 Å². The van der Waals surface area contributed by atoms with Crippen molar-refractivity contribution in [3.8, 4) is 0 Å². The van der Waals surface area contributed by atoms with Gasteiger partial charge in [0.25, 0.3) is 5.91 Å². The fourth-order valence-electron chi connectivity index (χ4n) is 1.92. The third kappa shape index (κ3) is 3.81. The highest BCUT2D eigenvalue weighted by Crippen LogP contribution is 2.22. The van der Waals surface area contributed by atoms with Crippen LogP contribution in [0.5, 0.6) is 0 Å². The molecule has 0 bridgehead atoms. The van der Waals surface area contributed by atoms with E-state index < -0.39 is 27.9 Å². The third-order valence-electron chi connectivity index (χ3n) is 3.23. The van der Waals surface area contributed by atoms with Crippen molar-refractivity contribution in [1.29, 1.82) is 0 Å². The molecule has 0 aliphatic carbocycles. The van der Waals surface area contributed by atoms with E-state index in [1.807, 2.05) is 0 Å². The second-order valence-electron chi connectivity index (χ2n) is 5.09. The first-order chi connectivity index (χ1) is 11.2.